The smallest absolute Gasteiger partial charge is 0.255 e. The van der Waals surface area contributed by atoms with Crippen LogP contribution in [0.5, 0.6) is 5.88 Å². The third-order valence-electron chi connectivity index (χ3n) is 5.02. The van der Waals surface area contributed by atoms with Crippen LogP contribution in [-0.2, 0) is 0 Å². The summed E-state index contributed by atoms with van der Waals surface area (Å²) in [7, 11) is 1.80. The standard InChI is InChI=1S/C21H19N5O2/c1-13-9-14(10-22)3-7-17(13)18-12-24-26(21(18)28)19-8-4-15(11-23-19)20(27)25(2)16-5-6-16/h3-4,7-9,11-12,16,28H,5-6H2,1-2H3. The normalized spacial score (nSPS) is 13.2. The van der Waals surface area contributed by atoms with Crippen molar-refractivity contribution in [2.45, 2.75) is 25.8 Å². The van der Waals surface area contributed by atoms with Gasteiger partial charge in [-0.3, -0.25) is 4.79 Å². The number of aryl methyl sites for hydroxylation is 1. The highest BCUT2D eigenvalue weighted by molar-refractivity contribution is 5.94. The zero-order valence-corrected chi connectivity index (χ0v) is 15.6. The minimum atomic E-state index is -0.0554. The average molecular weight is 373 g/mol. The molecule has 0 spiro atoms. The van der Waals surface area contributed by atoms with Crippen LogP contribution in [0.3, 0.4) is 0 Å². The average Bonchev–Trinajstić information content (AvgIpc) is 3.50. The Morgan fingerprint density at radius 2 is 2.04 bits per heavy atom. The zero-order chi connectivity index (χ0) is 19.8. The van der Waals surface area contributed by atoms with E-state index in [1.54, 1.807) is 48.5 Å². The van der Waals surface area contributed by atoms with E-state index in [1.807, 2.05) is 6.92 Å². The number of aromatic nitrogens is 3. The van der Waals surface area contributed by atoms with E-state index in [1.165, 1.54) is 10.9 Å². The third kappa shape index (κ3) is 3.09. The molecule has 3 aromatic rings. The van der Waals surface area contributed by atoms with Crippen molar-refractivity contribution in [1.29, 1.82) is 5.26 Å². The van der Waals surface area contributed by atoms with Crippen LogP contribution in [0.4, 0.5) is 0 Å². The van der Waals surface area contributed by atoms with E-state index >= 15 is 0 Å². The molecule has 1 amide bonds. The van der Waals surface area contributed by atoms with Crippen molar-refractivity contribution in [3.8, 4) is 28.9 Å². The summed E-state index contributed by atoms with van der Waals surface area (Å²) in [5.41, 5.74) is 3.28. The fourth-order valence-corrected chi connectivity index (χ4v) is 3.20. The summed E-state index contributed by atoms with van der Waals surface area (Å²) in [4.78, 5) is 18.5. The predicted molar refractivity (Wildman–Crippen MR) is 103 cm³/mol. The summed E-state index contributed by atoms with van der Waals surface area (Å²) >= 11 is 0. The van der Waals surface area contributed by atoms with Crippen molar-refractivity contribution in [3.63, 3.8) is 0 Å². The van der Waals surface area contributed by atoms with E-state index < -0.39 is 0 Å². The van der Waals surface area contributed by atoms with Gasteiger partial charge >= 0.3 is 0 Å². The Morgan fingerprint density at radius 3 is 2.64 bits per heavy atom. The van der Waals surface area contributed by atoms with Crippen LogP contribution in [0.2, 0.25) is 0 Å². The second kappa shape index (κ2) is 6.82. The highest BCUT2D eigenvalue weighted by atomic mass is 16.3. The lowest BCUT2D eigenvalue weighted by molar-refractivity contribution is 0.0784. The highest BCUT2D eigenvalue weighted by Gasteiger charge is 2.30. The molecule has 140 valence electrons. The van der Waals surface area contributed by atoms with Gasteiger partial charge in [0.05, 0.1) is 29.0 Å². The van der Waals surface area contributed by atoms with Crippen LogP contribution in [0.25, 0.3) is 16.9 Å². The van der Waals surface area contributed by atoms with Crippen LogP contribution in [0, 0.1) is 18.3 Å². The first-order valence-corrected chi connectivity index (χ1v) is 9.01. The van der Waals surface area contributed by atoms with E-state index in [0.717, 1.165) is 24.0 Å². The first-order valence-electron chi connectivity index (χ1n) is 9.01. The number of hydrogen-bond acceptors (Lipinski definition) is 5. The molecule has 2 aromatic heterocycles. The van der Waals surface area contributed by atoms with Crippen LogP contribution < -0.4 is 0 Å². The largest absolute Gasteiger partial charge is 0.493 e. The molecule has 0 saturated heterocycles. The van der Waals surface area contributed by atoms with Crippen LogP contribution >= 0.6 is 0 Å². The summed E-state index contributed by atoms with van der Waals surface area (Å²) in [5, 5.41) is 23.9. The monoisotopic (exact) mass is 373 g/mol. The Morgan fingerprint density at radius 1 is 1.25 bits per heavy atom. The second-order valence-electron chi connectivity index (χ2n) is 6.99. The van der Waals surface area contributed by atoms with Gasteiger partial charge in [0.2, 0.25) is 5.88 Å². The van der Waals surface area contributed by atoms with Crippen molar-refractivity contribution in [2.24, 2.45) is 0 Å². The molecule has 4 rings (SSSR count). The summed E-state index contributed by atoms with van der Waals surface area (Å²) in [6, 6.07) is 11.0. The van der Waals surface area contributed by atoms with Crippen molar-refractivity contribution in [2.75, 3.05) is 7.05 Å². The van der Waals surface area contributed by atoms with E-state index in [2.05, 4.69) is 16.2 Å². The Labute approximate surface area is 162 Å². The van der Waals surface area contributed by atoms with Crippen LogP contribution in [0.15, 0.2) is 42.7 Å². The second-order valence-corrected chi connectivity index (χ2v) is 6.99. The van der Waals surface area contributed by atoms with Gasteiger partial charge < -0.3 is 10.0 Å². The maximum absolute atomic E-state index is 12.4. The lowest BCUT2D eigenvalue weighted by Gasteiger charge is -2.16. The summed E-state index contributed by atoms with van der Waals surface area (Å²) in [6.07, 6.45) is 5.16. The molecule has 0 bridgehead atoms. The first kappa shape index (κ1) is 17.7. The highest BCUT2D eigenvalue weighted by Crippen LogP contribution is 2.33. The fraction of sp³-hybridized carbons (Fsp3) is 0.238. The minimum absolute atomic E-state index is 0.0468. The van der Waals surface area contributed by atoms with Gasteiger partial charge in [-0.05, 0) is 55.2 Å². The van der Waals surface area contributed by atoms with Gasteiger partial charge in [0, 0.05) is 19.3 Å². The Balaban J connectivity index is 1.62. The Kier molecular flexibility index (Phi) is 4.32. The van der Waals surface area contributed by atoms with Crippen molar-refractivity contribution in [3.05, 3.63) is 59.4 Å². The molecular formula is C21H19N5O2. The Bertz CT molecular complexity index is 1090. The molecule has 0 aliphatic heterocycles. The van der Waals surface area contributed by atoms with Crippen molar-refractivity contribution < 1.29 is 9.90 Å². The van der Waals surface area contributed by atoms with E-state index in [4.69, 9.17) is 5.26 Å². The topological polar surface area (TPSA) is 95.0 Å². The lowest BCUT2D eigenvalue weighted by Crippen LogP contribution is -2.28. The number of pyridine rings is 1. The summed E-state index contributed by atoms with van der Waals surface area (Å²) in [6.45, 7) is 1.88. The van der Waals surface area contributed by atoms with Crippen molar-refractivity contribution >= 4 is 5.91 Å². The molecule has 0 radical (unpaired) electrons. The summed E-state index contributed by atoms with van der Waals surface area (Å²) in [5.74, 6) is 0.315. The number of nitrogens with zero attached hydrogens (tertiary/aromatic N) is 5. The first-order chi connectivity index (χ1) is 13.5. The molecule has 1 N–H and O–H groups in total. The molecular weight excluding hydrogens is 354 g/mol. The van der Waals surface area contributed by atoms with Crippen molar-refractivity contribution in [1.82, 2.24) is 19.7 Å². The fourth-order valence-electron chi connectivity index (χ4n) is 3.20. The molecule has 7 nitrogen and oxygen atoms in total. The maximum Gasteiger partial charge on any atom is 0.255 e. The molecule has 0 unspecified atom stereocenters. The molecule has 7 heteroatoms. The zero-order valence-electron chi connectivity index (χ0n) is 15.6. The van der Waals surface area contributed by atoms with E-state index in [9.17, 15) is 9.90 Å². The molecule has 1 saturated carbocycles. The Hall–Kier alpha value is -3.66. The van der Waals surface area contributed by atoms with Gasteiger partial charge in [0.25, 0.3) is 5.91 Å². The predicted octanol–water partition coefficient (Wildman–Crippen LogP) is 3.05. The quantitative estimate of drug-likeness (QED) is 0.758. The number of carbonyl (C=O) groups is 1. The molecule has 1 aliphatic rings. The number of rotatable bonds is 4. The maximum atomic E-state index is 12.4. The molecule has 1 aliphatic carbocycles. The van der Waals surface area contributed by atoms with Gasteiger partial charge in [-0.2, -0.15) is 15.0 Å². The number of nitriles is 1. The van der Waals surface area contributed by atoms with Crippen LogP contribution in [-0.4, -0.2) is 43.8 Å². The molecule has 28 heavy (non-hydrogen) atoms. The van der Waals surface area contributed by atoms with Gasteiger partial charge in [-0.1, -0.05) is 6.07 Å². The number of benzene rings is 1. The SMILES string of the molecule is Cc1cc(C#N)ccc1-c1cnn(-c2ccc(C(=O)N(C)C3CC3)cn2)c1O. The number of carbonyl (C=O) groups excluding carboxylic acids is 1. The molecule has 2 heterocycles. The van der Waals surface area contributed by atoms with E-state index in [-0.39, 0.29) is 11.8 Å². The molecule has 1 aromatic carbocycles. The molecule has 0 atom stereocenters. The van der Waals surface area contributed by atoms with Gasteiger partial charge in [0.15, 0.2) is 5.82 Å². The number of amides is 1. The van der Waals surface area contributed by atoms with Gasteiger partial charge in [0.1, 0.15) is 0 Å². The number of aromatic hydroxyl groups is 1. The number of hydrogen-bond donors (Lipinski definition) is 1. The van der Waals surface area contributed by atoms with Gasteiger partial charge in [-0.25, -0.2) is 4.98 Å². The van der Waals surface area contributed by atoms with E-state index in [0.29, 0.717) is 28.6 Å². The lowest BCUT2D eigenvalue weighted by atomic mass is 10.0. The summed E-state index contributed by atoms with van der Waals surface area (Å²) < 4.78 is 1.33. The molecule has 1 fully saturated rings. The third-order valence-corrected chi connectivity index (χ3v) is 5.02. The minimum Gasteiger partial charge on any atom is -0.493 e. The van der Waals surface area contributed by atoms with Gasteiger partial charge in [-0.15, -0.1) is 0 Å². The van der Waals surface area contributed by atoms with Crippen LogP contribution in [0.1, 0.15) is 34.3 Å².